The summed E-state index contributed by atoms with van der Waals surface area (Å²) in [6, 6.07) is 8.82. The lowest BCUT2D eigenvalue weighted by molar-refractivity contribution is -0.270. The third-order valence-electron chi connectivity index (χ3n) is 3.25. The largest absolute Gasteiger partial charge is 0.424 e. The molecule has 0 saturated heterocycles. The Kier molecular flexibility index (Phi) is 4.37. The number of aliphatic hydroxyl groups is 1. The minimum Gasteiger partial charge on any atom is -0.374 e. The fourth-order valence-corrected chi connectivity index (χ4v) is 2.25. The molecular weight excluding hydrogens is 297 g/mol. The van der Waals surface area contributed by atoms with Crippen LogP contribution in [0.5, 0.6) is 0 Å². The number of ketones is 1. The highest BCUT2D eigenvalue weighted by molar-refractivity contribution is 5.76. The average molecular weight is 312 g/mol. The molecule has 1 aromatic carbocycles. The maximum absolute atomic E-state index is 13.3. The van der Waals surface area contributed by atoms with Crippen molar-refractivity contribution in [3.63, 3.8) is 0 Å². The van der Waals surface area contributed by atoms with E-state index in [9.17, 15) is 23.1 Å². The first-order chi connectivity index (χ1) is 10.2. The SMILES string of the molecule is CC(=O)C[C@@](O)(c1nccn1Cc1ccccc1)C(F)(F)F. The molecule has 1 heterocycles. The Labute approximate surface area is 125 Å². The van der Waals surface area contributed by atoms with E-state index in [0.29, 0.717) is 0 Å². The fourth-order valence-electron chi connectivity index (χ4n) is 2.25. The molecule has 1 aromatic heterocycles. The Balaban J connectivity index is 2.42. The minimum atomic E-state index is -5.00. The molecule has 0 saturated carbocycles. The van der Waals surface area contributed by atoms with Crippen LogP contribution in [0.4, 0.5) is 13.2 Å². The second-order valence-electron chi connectivity index (χ2n) is 5.10. The Morgan fingerprint density at radius 1 is 1.27 bits per heavy atom. The summed E-state index contributed by atoms with van der Waals surface area (Å²) >= 11 is 0. The van der Waals surface area contributed by atoms with Crippen molar-refractivity contribution in [3.05, 3.63) is 54.1 Å². The van der Waals surface area contributed by atoms with Gasteiger partial charge in [0.1, 0.15) is 5.78 Å². The highest BCUT2D eigenvalue weighted by Gasteiger charge is 2.58. The van der Waals surface area contributed by atoms with E-state index in [4.69, 9.17) is 0 Å². The smallest absolute Gasteiger partial charge is 0.374 e. The predicted octanol–water partition coefficient (Wildman–Crippen LogP) is 2.66. The van der Waals surface area contributed by atoms with Crippen molar-refractivity contribution >= 4 is 5.78 Å². The van der Waals surface area contributed by atoms with Gasteiger partial charge in [0.15, 0.2) is 5.82 Å². The normalized spacial score (nSPS) is 14.6. The van der Waals surface area contributed by atoms with E-state index in [1.54, 1.807) is 30.3 Å². The molecule has 22 heavy (non-hydrogen) atoms. The summed E-state index contributed by atoms with van der Waals surface area (Å²) in [5, 5.41) is 10.1. The first-order valence-electron chi connectivity index (χ1n) is 6.58. The third kappa shape index (κ3) is 3.19. The summed E-state index contributed by atoms with van der Waals surface area (Å²) in [5.41, 5.74) is -2.54. The van der Waals surface area contributed by atoms with Crippen LogP contribution in [0.3, 0.4) is 0 Å². The Bertz CT molecular complexity index is 652. The van der Waals surface area contributed by atoms with E-state index in [1.807, 2.05) is 0 Å². The van der Waals surface area contributed by atoms with E-state index < -0.39 is 29.8 Å². The van der Waals surface area contributed by atoms with Crippen molar-refractivity contribution in [1.82, 2.24) is 9.55 Å². The van der Waals surface area contributed by atoms with Crippen LogP contribution in [-0.2, 0) is 16.9 Å². The Morgan fingerprint density at radius 2 is 1.91 bits per heavy atom. The standard InChI is InChI=1S/C15H15F3N2O2/c1-11(21)9-14(22,15(16,17)18)13-19-7-8-20(13)10-12-5-3-2-4-6-12/h2-8,22H,9-10H2,1H3/t14-/m1/s1. The van der Waals surface area contributed by atoms with Crippen molar-refractivity contribution in [1.29, 1.82) is 0 Å². The topological polar surface area (TPSA) is 55.1 Å². The number of alkyl halides is 3. The Hall–Kier alpha value is -2.15. The van der Waals surface area contributed by atoms with Gasteiger partial charge < -0.3 is 9.67 Å². The first kappa shape index (κ1) is 16.2. The van der Waals surface area contributed by atoms with Gasteiger partial charge in [-0.3, -0.25) is 4.79 Å². The van der Waals surface area contributed by atoms with Crippen molar-refractivity contribution in [2.24, 2.45) is 0 Å². The number of hydrogen-bond acceptors (Lipinski definition) is 3. The molecule has 118 valence electrons. The molecule has 1 atom stereocenters. The van der Waals surface area contributed by atoms with Crippen molar-refractivity contribution < 1.29 is 23.1 Å². The zero-order valence-electron chi connectivity index (χ0n) is 11.8. The van der Waals surface area contributed by atoms with Crippen LogP contribution in [0.2, 0.25) is 0 Å². The van der Waals surface area contributed by atoms with Gasteiger partial charge in [0, 0.05) is 18.9 Å². The molecule has 0 aliphatic heterocycles. The summed E-state index contributed by atoms with van der Waals surface area (Å²) < 4.78 is 41.1. The van der Waals surface area contributed by atoms with Crippen LogP contribution in [0.25, 0.3) is 0 Å². The van der Waals surface area contributed by atoms with Gasteiger partial charge >= 0.3 is 6.18 Å². The van der Waals surface area contributed by atoms with Crippen LogP contribution in [0.15, 0.2) is 42.7 Å². The molecule has 0 bridgehead atoms. The Morgan fingerprint density at radius 3 is 2.45 bits per heavy atom. The minimum absolute atomic E-state index is 0.118. The first-order valence-corrected chi connectivity index (χ1v) is 6.58. The lowest BCUT2D eigenvalue weighted by atomic mass is 9.95. The van der Waals surface area contributed by atoms with Crippen molar-refractivity contribution in [2.75, 3.05) is 0 Å². The summed E-state index contributed by atoms with van der Waals surface area (Å²) in [6.45, 7) is 1.12. The second-order valence-corrected chi connectivity index (χ2v) is 5.10. The van der Waals surface area contributed by atoms with Crippen LogP contribution in [0, 0.1) is 0 Å². The molecule has 2 aromatic rings. The van der Waals surface area contributed by atoms with Gasteiger partial charge in [0.2, 0.25) is 5.60 Å². The van der Waals surface area contributed by atoms with Gasteiger partial charge in [-0.2, -0.15) is 13.2 Å². The number of carbonyl (C=O) groups excluding carboxylic acids is 1. The number of benzene rings is 1. The van der Waals surface area contributed by atoms with E-state index in [1.165, 1.54) is 17.0 Å². The molecule has 0 amide bonds. The number of aromatic nitrogens is 2. The molecule has 0 radical (unpaired) electrons. The van der Waals surface area contributed by atoms with Gasteiger partial charge in [0.05, 0.1) is 6.42 Å². The number of rotatable bonds is 5. The molecule has 0 fully saturated rings. The predicted molar refractivity (Wildman–Crippen MR) is 73.0 cm³/mol. The van der Waals surface area contributed by atoms with E-state index in [0.717, 1.165) is 12.5 Å². The summed E-state index contributed by atoms with van der Waals surface area (Å²) in [5.74, 6) is -1.35. The lowest BCUT2D eigenvalue weighted by Gasteiger charge is -2.29. The van der Waals surface area contributed by atoms with Crippen LogP contribution >= 0.6 is 0 Å². The molecule has 1 N–H and O–H groups in total. The third-order valence-corrected chi connectivity index (χ3v) is 3.25. The molecule has 0 aliphatic carbocycles. The van der Waals surface area contributed by atoms with Crippen LogP contribution in [0.1, 0.15) is 24.7 Å². The molecule has 7 heteroatoms. The maximum atomic E-state index is 13.3. The fraction of sp³-hybridized carbons (Fsp3) is 0.333. The second kappa shape index (κ2) is 5.92. The number of carbonyl (C=O) groups is 1. The number of hydrogen-bond donors (Lipinski definition) is 1. The molecule has 4 nitrogen and oxygen atoms in total. The summed E-state index contributed by atoms with van der Waals surface area (Å²) in [7, 11) is 0. The average Bonchev–Trinajstić information content (AvgIpc) is 2.86. The number of Topliss-reactive ketones (excluding diaryl/α,β-unsaturated/α-hetero) is 1. The van der Waals surface area contributed by atoms with E-state index in [2.05, 4.69) is 4.98 Å². The summed E-state index contributed by atoms with van der Waals surface area (Å²) in [6.07, 6.45) is -3.55. The molecular formula is C15H15F3N2O2. The van der Waals surface area contributed by atoms with Crippen molar-refractivity contribution in [2.45, 2.75) is 31.7 Å². The van der Waals surface area contributed by atoms with Crippen molar-refractivity contribution in [3.8, 4) is 0 Å². The monoisotopic (exact) mass is 312 g/mol. The molecule has 2 rings (SSSR count). The number of halogens is 3. The maximum Gasteiger partial charge on any atom is 0.424 e. The summed E-state index contributed by atoms with van der Waals surface area (Å²) in [4.78, 5) is 14.8. The van der Waals surface area contributed by atoms with Gasteiger partial charge in [0.25, 0.3) is 0 Å². The van der Waals surface area contributed by atoms with Gasteiger partial charge in [-0.25, -0.2) is 4.98 Å². The quantitative estimate of drug-likeness (QED) is 0.923. The molecule has 0 spiro atoms. The molecule has 0 aliphatic rings. The lowest BCUT2D eigenvalue weighted by Crippen LogP contribution is -2.46. The zero-order valence-corrected chi connectivity index (χ0v) is 11.8. The van der Waals surface area contributed by atoms with Gasteiger partial charge in [-0.05, 0) is 12.5 Å². The van der Waals surface area contributed by atoms with Crippen LogP contribution < -0.4 is 0 Å². The highest BCUT2D eigenvalue weighted by Crippen LogP contribution is 2.41. The zero-order chi connectivity index (χ0) is 16.4. The highest BCUT2D eigenvalue weighted by atomic mass is 19.4. The van der Waals surface area contributed by atoms with Crippen LogP contribution in [-0.4, -0.2) is 26.6 Å². The number of imidazole rings is 1. The van der Waals surface area contributed by atoms with E-state index >= 15 is 0 Å². The molecule has 0 unspecified atom stereocenters. The van der Waals surface area contributed by atoms with Gasteiger partial charge in [-0.1, -0.05) is 30.3 Å². The van der Waals surface area contributed by atoms with E-state index in [-0.39, 0.29) is 6.54 Å². The van der Waals surface area contributed by atoms with Gasteiger partial charge in [-0.15, -0.1) is 0 Å². The number of nitrogens with zero attached hydrogens (tertiary/aromatic N) is 2.